The number of esters is 1. The van der Waals surface area contributed by atoms with Crippen LogP contribution in [0.4, 0.5) is 0 Å². The molecule has 0 N–H and O–H groups in total. The van der Waals surface area contributed by atoms with Crippen molar-refractivity contribution in [2.24, 2.45) is 0 Å². The average molecular weight is 628 g/mol. The van der Waals surface area contributed by atoms with Crippen molar-refractivity contribution in [3.05, 3.63) is 83.4 Å². The van der Waals surface area contributed by atoms with Crippen LogP contribution in [0.25, 0.3) is 22.4 Å². The summed E-state index contributed by atoms with van der Waals surface area (Å²) in [5.74, 6) is 0.230. The van der Waals surface area contributed by atoms with Crippen LogP contribution in [0.1, 0.15) is 25.3 Å². The van der Waals surface area contributed by atoms with Gasteiger partial charge in [0.2, 0.25) is 0 Å². The number of thioether (sulfide) groups is 1. The number of rotatable bonds is 15. The quantitative estimate of drug-likeness (QED) is 0.0792. The molecule has 2 aromatic carbocycles. The molecule has 3 rings (SSSR count). The van der Waals surface area contributed by atoms with E-state index < -0.39 is 22.9 Å². The third-order valence-electron chi connectivity index (χ3n) is 5.58. The number of carbonyl (C=O) groups excluding carboxylic acids is 1. The molecule has 1 aromatic heterocycles. The number of hydrogen-bond donors (Lipinski definition) is 0. The van der Waals surface area contributed by atoms with Gasteiger partial charge in [-0.3, -0.25) is 9.00 Å². The molecule has 0 saturated heterocycles. The number of hydrogen-bond acceptors (Lipinski definition) is 7. The van der Waals surface area contributed by atoms with E-state index in [4.69, 9.17) is 14.5 Å². The minimum atomic E-state index is -1.12. The Kier molecular flexibility index (Phi) is 12.9. The minimum Gasteiger partial charge on any atom is -0.458 e. The molecule has 0 bridgehead atoms. The topological polar surface area (TPSA) is 89.3 Å². The zero-order valence-electron chi connectivity index (χ0n) is 21.8. The lowest BCUT2D eigenvalue weighted by atomic mass is 9.99. The van der Waals surface area contributed by atoms with Crippen molar-refractivity contribution in [2.45, 2.75) is 30.9 Å². The van der Waals surface area contributed by atoms with Gasteiger partial charge in [0.25, 0.3) is 0 Å². The van der Waals surface area contributed by atoms with E-state index in [0.717, 1.165) is 45.8 Å². The highest BCUT2D eigenvalue weighted by molar-refractivity contribution is 9.10. The first kappa shape index (κ1) is 30.8. The van der Waals surface area contributed by atoms with Gasteiger partial charge in [0.15, 0.2) is 0 Å². The smallest absolute Gasteiger partial charge is 0.316 e. The fourth-order valence-corrected chi connectivity index (χ4v) is 6.10. The molecule has 0 aliphatic carbocycles. The first-order chi connectivity index (χ1) is 18.9. The number of benzene rings is 2. The van der Waals surface area contributed by atoms with E-state index in [1.54, 1.807) is 6.08 Å². The van der Waals surface area contributed by atoms with Gasteiger partial charge in [0, 0.05) is 32.2 Å². The number of nitrogens with zero attached hydrogens (tertiary/aromatic N) is 2. The molecule has 0 amide bonds. The molecule has 0 aliphatic heterocycles. The van der Waals surface area contributed by atoms with Gasteiger partial charge in [-0.1, -0.05) is 89.6 Å². The Morgan fingerprint density at radius 3 is 2.62 bits per heavy atom. The van der Waals surface area contributed by atoms with Gasteiger partial charge >= 0.3 is 5.97 Å². The van der Waals surface area contributed by atoms with E-state index in [1.807, 2.05) is 67.6 Å². The third kappa shape index (κ3) is 9.73. The van der Waals surface area contributed by atoms with Crippen molar-refractivity contribution in [2.75, 3.05) is 30.5 Å². The predicted molar refractivity (Wildman–Crippen MR) is 162 cm³/mol. The monoisotopic (exact) mass is 626 g/mol. The molecule has 0 radical (unpaired) electrons. The van der Waals surface area contributed by atoms with Crippen molar-refractivity contribution < 1.29 is 18.5 Å². The molecule has 0 spiro atoms. The van der Waals surface area contributed by atoms with E-state index in [1.165, 1.54) is 0 Å². The summed E-state index contributed by atoms with van der Waals surface area (Å²) in [7, 11) is -1.12. The number of ether oxygens (including phenoxy) is 2. The molecule has 0 saturated carbocycles. The largest absolute Gasteiger partial charge is 0.458 e. The summed E-state index contributed by atoms with van der Waals surface area (Å²) in [6.45, 7) is 6.12. The normalized spacial score (nSPS) is 12.3. The maximum absolute atomic E-state index is 12.9. The molecular weight excluding hydrogens is 596 g/mol. The lowest BCUT2D eigenvalue weighted by molar-refractivity contribution is -0.147. The second-order valence-corrected chi connectivity index (χ2v) is 12.1. The Morgan fingerprint density at radius 1 is 1.21 bits per heavy atom. The highest BCUT2D eigenvalue weighted by Crippen LogP contribution is 2.34. The first-order valence-electron chi connectivity index (χ1n) is 12.6. The van der Waals surface area contributed by atoms with Crippen LogP contribution in [-0.2, 0) is 25.1 Å². The van der Waals surface area contributed by atoms with Gasteiger partial charge in [-0.05, 0) is 30.2 Å². The van der Waals surface area contributed by atoms with Crippen molar-refractivity contribution in [3.63, 3.8) is 0 Å². The predicted octanol–water partition coefficient (Wildman–Crippen LogP) is 6.81. The van der Waals surface area contributed by atoms with Crippen LogP contribution >= 0.6 is 27.7 Å². The van der Waals surface area contributed by atoms with Crippen molar-refractivity contribution in [1.82, 2.24) is 4.98 Å². The fourth-order valence-electron chi connectivity index (χ4n) is 3.69. The van der Waals surface area contributed by atoms with Crippen LogP contribution in [-0.4, -0.2) is 51.7 Å². The van der Waals surface area contributed by atoms with E-state index in [2.05, 4.69) is 28.6 Å². The molecule has 6 nitrogen and oxygen atoms in total. The summed E-state index contributed by atoms with van der Waals surface area (Å²) in [6.07, 6.45) is 2.77. The molecule has 204 valence electrons. The van der Waals surface area contributed by atoms with E-state index >= 15 is 0 Å². The van der Waals surface area contributed by atoms with E-state index in [-0.39, 0.29) is 18.1 Å². The summed E-state index contributed by atoms with van der Waals surface area (Å²) in [5.41, 5.74) is 3.60. The van der Waals surface area contributed by atoms with Gasteiger partial charge in [-0.25, -0.2) is 4.98 Å². The Bertz CT molecular complexity index is 1310. The Balaban J connectivity index is 1.83. The number of pyridine rings is 1. The molecule has 0 fully saturated rings. The summed E-state index contributed by atoms with van der Waals surface area (Å²) >= 11 is 4.62. The van der Waals surface area contributed by atoms with Crippen molar-refractivity contribution in [3.8, 4) is 28.5 Å². The van der Waals surface area contributed by atoms with Gasteiger partial charge in [0.05, 0.1) is 36.0 Å². The second kappa shape index (κ2) is 16.4. The Labute approximate surface area is 245 Å². The minimum absolute atomic E-state index is 0.0563. The standard InChI is InChI=1S/C30H31BrN2O4S2/c1-3-5-16-39(35)21-25(19-36-15-4-2)37-29(34)20-38-30-27(18-32)26(22-9-7-6-8-10-22)17-28(33-30)23-11-13-24(31)14-12-23/h4,6-14,17,25H,2-3,5,15-16,19-21H2,1H3. The number of unbranched alkanes of at least 4 members (excludes halogenated alkanes) is 1. The van der Waals surface area contributed by atoms with Crippen molar-refractivity contribution >= 4 is 44.5 Å². The van der Waals surface area contributed by atoms with Gasteiger partial charge in [0.1, 0.15) is 17.2 Å². The Morgan fingerprint density at radius 2 is 1.95 bits per heavy atom. The molecule has 1 heterocycles. The van der Waals surface area contributed by atoms with Crippen LogP contribution in [0.5, 0.6) is 0 Å². The van der Waals surface area contributed by atoms with Gasteiger partial charge < -0.3 is 9.47 Å². The van der Waals surface area contributed by atoms with Gasteiger partial charge in [-0.15, -0.1) is 6.58 Å². The van der Waals surface area contributed by atoms with Crippen LogP contribution < -0.4 is 0 Å². The molecule has 0 aliphatic rings. The van der Waals surface area contributed by atoms with Crippen molar-refractivity contribution in [1.29, 1.82) is 5.26 Å². The zero-order chi connectivity index (χ0) is 28.0. The third-order valence-corrected chi connectivity index (χ3v) is 8.55. The fraction of sp³-hybridized carbons (Fsp3) is 0.300. The number of aromatic nitrogens is 1. The highest BCUT2D eigenvalue weighted by Gasteiger charge is 2.21. The summed E-state index contributed by atoms with van der Waals surface area (Å²) in [6, 6.07) is 21.6. The van der Waals surface area contributed by atoms with Crippen LogP contribution in [0, 0.1) is 11.3 Å². The summed E-state index contributed by atoms with van der Waals surface area (Å²) in [4.78, 5) is 17.6. The maximum Gasteiger partial charge on any atom is 0.316 e. The van der Waals surface area contributed by atoms with Crippen LogP contribution in [0.2, 0.25) is 0 Å². The number of halogens is 1. The average Bonchev–Trinajstić information content (AvgIpc) is 2.95. The zero-order valence-corrected chi connectivity index (χ0v) is 25.0. The summed E-state index contributed by atoms with van der Waals surface area (Å²) < 4.78 is 24.5. The van der Waals surface area contributed by atoms with Crippen LogP contribution in [0.15, 0.2) is 82.8 Å². The molecular formula is C30H31BrN2O4S2. The van der Waals surface area contributed by atoms with E-state index in [9.17, 15) is 14.3 Å². The highest BCUT2D eigenvalue weighted by atomic mass is 79.9. The molecule has 9 heteroatoms. The molecule has 3 aromatic rings. The molecule has 2 atom stereocenters. The van der Waals surface area contributed by atoms with E-state index in [0.29, 0.717) is 28.6 Å². The number of nitriles is 1. The molecule has 39 heavy (non-hydrogen) atoms. The first-order valence-corrected chi connectivity index (χ1v) is 15.8. The maximum atomic E-state index is 12.9. The SMILES string of the molecule is C=CCOCC(CS(=O)CCCC)OC(=O)CSc1nc(-c2ccc(Br)cc2)cc(-c2ccccc2)c1C#N. The Hall–Kier alpha value is -2.77. The lowest BCUT2D eigenvalue weighted by Gasteiger charge is -2.18. The molecule has 2 unspecified atom stereocenters. The summed E-state index contributed by atoms with van der Waals surface area (Å²) in [5, 5.41) is 10.5. The number of carbonyl (C=O) groups is 1. The van der Waals surface area contributed by atoms with Gasteiger partial charge in [-0.2, -0.15) is 5.26 Å². The lowest BCUT2D eigenvalue weighted by Crippen LogP contribution is -2.30. The van der Waals surface area contributed by atoms with Crippen LogP contribution in [0.3, 0.4) is 0 Å². The second-order valence-electron chi connectivity index (χ2n) is 8.61.